The standard InChI is InChI=1S/C22H20ClF4NO4.C3H8O/c1-13(12-29)9-18(28-19(30)21(24,25)22(26,27)20(31)32)10-14-5-7-15(8-6-14)16-3-2-4-17(23)11-16;1-3-4-2/h2-8,11-13,18H,9-10H2,1H3,(H,28,30)(H,31,32);3H2,1-2H3/t13-,18+;/m1./s1. The van der Waals surface area contributed by atoms with Crippen LogP contribution < -0.4 is 5.32 Å². The maximum Gasteiger partial charge on any atom is 0.413 e. The number of alkyl halides is 4. The van der Waals surface area contributed by atoms with Gasteiger partial charge >= 0.3 is 17.8 Å². The van der Waals surface area contributed by atoms with E-state index in [2.05, 4.69) is 4.74 Å². The first kappa shape index (κ1) is 31.1. The zero-order valence-electron chi connectivity index (χ0n) is 19.9. The predicted molar refractivity (Wildman–Crippen MR) is 127 cm³/mol. The van der Waals surface area contributed by atoms with E-state index in [1.807, 2.05) is 13.0 Å². The first-order chi connectivity index (χ1) is 16.8. The monoisotopic (exact) mass is 533 g/mol. The number of methoxy groups -OCH3 is 1. The molecule has 0 spiro atoms. The molecule has 0 heterocycles. The van der Waals surface area contributed by atoms with Gasteiger partial charge in [-0.15, -0.1) is 0 Å². The Kier molecular flexibility index (Phi) is 12.0. The predicted octanol–water partition coefficient (Wildman–Crippen LogP) is 5.27. The van der Waals surface area contributed by atoms with Crippen molar-refractivity contribution in [2.45, 2.75) is 44.6 Å². The minimum absolute atomic E-state index is 0.0472. The average molecular weight is 534 g/mol. The Bertz CT molecular complexity index is 1020. The van der Waals surface area contributed by atoms with Crippen molar-refractivity contribution in [1.82, 2.24) is 5.32 Å². The summed E-state index contributed by atoms with van der Waals surface area (Å²) in [5, 5.41) is 10.7. The number of halogens is 5. The van der Waals surface area contributed by atoms with Crippen LogP contribution in [0, 0.1) is 5.92 Å². The van der Waals surface area contributed by atoms with Gasteiger partial charge < -0.3 is 20.0 Å². The van der Waals surface area contributed by atoms with Gasteiger partial charge in [-0.1, -0.05) is 54.9 Å². The normalized spacial score (nSPS) is 13.1. The van der Waals surface area contributed by atoms with Crippen LogP contribution in [0.2, 0.25) is 5.02 Å². The summed E-state index contributed by atoms with van der Waals surface area (Å²) < 4.78 is 58.8. The van der Waals surface area contributed by atoms with Crippen molar-refractivity contribution in [3.05, 3.63) is 59.1 Å². The molecule has 36 heavy (non-hydrogen) atoms. The van der Waals surface area contributed by atoms with E-state index in [1.54, 1.807) is 54.9 Å². The van der Waals surface area contributed by atoms with E-state index in [9.17, 15) is 31.9 Å². The highest BCUT2D eigenvalue weighted by Crippen LogP contribution is 2.35. The fourth-order valence-electron chi connectivity index (χ4n) is 3.04. The molecule has 2 atom stereocenters. The Morgan fingerprint density at radius 3 is 2.14 bits per heavy atom. The van der Waals surface area contributed by atoms with Crippen molar-refractivity contribution in [2.24, 2.45) is 5.92 Å². The molecule has 198 valence electrons. The molecule has 0 aliphatic heterocycles. The fourth-order valence-corrected chi connectivity index (χ4v) is 3.23. The summed E-state index contributed by atoms with van der Waals surface area (Å²) in [6.45, 7) is 4.25. The zero-order valence-corrected chi connectivity index (χ0v) is 20.7. The third kappa shape index (κ3) is 8.60. The van der Waals surface area contributed by atoms with Crippen LogP contribution in [0.4, 0.5) is 17.6 Å². The molecule has 11 heteroatoms. The summed E-state index contributed by atoms with van der Waals surface area (Å²) in [6.07, 6.45) is 0.375. The van der Waals surface area contributed by atoms with Crippen LogP contribution in [0.3, 0.4) is 0 Å². The van der Waals surface area contributed by atoms with Gasteiger partial charge in [0.2, 0.25) is 0 Å². The topological polar surface area (TPSA) is 92.7 Å². The van der Waals surface area contributed by atoms with Crippen LogP contribution in [-0.4, -0.2) is 54.9 Å². The lowest BCUT2D eigenvalue weighted by Gasteiger charge is -2.26. The van der Waals surface area contributed by atoms with E-state index in [0.29, 0.717) is 16.9 Å². The van der Waals surface area contributed by atoms with Gasteiger partial charge in [0.1, 0.15) is 6.29 Å². The molecule has 0 radical (unpaired) electrons. The van der Waals surface area contributed by atoms with Gasteiger partial charge in [-0.25, -0.2) is 4.79 Å². The zero-order chi connectivity index (χ0) is 27.5. The number of carbonyl (C=O) groups is 3. The lowest BCUT2D eigenvalue weighted by molar-refractivity contribution is -0.222. The van der Waals surface area contributed by atoms with E-state index >= 15 is 0 Å². The number of amides is 1. The quantitative estimate of drug-likeness (QED) is 0.303. The van der Waals surface area contributed by atoms with Crippen molar-refractivity contribution >= 4 is 29.8 Å². The van der Waals surface area contributed by atoms with Crippen molar-refractivity contribution in [2.75, 3.05) is 13.7 Å². The highest BCUT2D eigenvalue weighted by Gasteiger charge is 2.67. The van der Waals surface area contributed by atoms with Crippen LogP contribution in [0.5, 0.6) is 0 Å². The second kappa shape index (κ2) is 13.9. The Balaban J connectivity index is 0.00000150. The molecule has 2 N–H and O–H groups in total. The Labute approximate surface area is 211 Å². The summed E-state index contributed by atoms with van der Waals surface area (Å²) in [7, 11) is 1.68. The Morgan fingerprint density at radius 1 is 1.08 bits per heavy atom. The smallest absolute Gasteiger partial charge is 0.413 e. The highest BCUT2D eigenvalue weighted by molar-refractivity contribution is 6.30. The van der Waals surface area contributed by atoms with Crippen molar-refractivity contribution in [3.8, 4) is 11.1 Å². The number of carboxylic acid groups (broad SMARTS) is 1. The molecule has 0 saturated heterocycles. The number of benzene rings is 2. The van der Waals surface area contributed by atoms with Crippen LogP contribution in [-0.2, 0) is 25.5 Å². The summed E-state index contributed by atoms with van der Waals surface area (Å²) in [4.78, 5) is 33.3. The Hall–Kier alpha value is -2.98. The first-order valence-electron chi connectivity index (χ1n) is 10.9. The SMILES string of the molecule is CCOC.C[C@@H](C=O)C[C@@H](Cc1ccc(-c2cccc(Cl)c2)cc1)NC(=O)C(F)(F)C(F)(F)C(=O)O. The maximum atomic E-state index is 13.8. The third-order valence-electron chi connectivity index (χ3n) is 5.05. The van der Waals surface area contributed by atoms with E-state index < -0.39 is 35.7 Å². The molecule has 0 aliphatic rings. The lowest BCUT2D eigenvalue weighted by Crippen LogP contribution is -2.58. The fraction of sp³-hybridized carbons (Fsp3) is 0.400. The number of hydrogen-bond acceptors (Lipinski definition) is 4. The van der Waals surface area contributed by atoms with Crippen LogP contribution in [0.1, 0.15) is 25.8 Å². The van der Waals surface area contributed by atoms with Gasteiger partial charge in [0.25, 0.3) is 5.91 Å². The minimum Gasteiger partial charge on any atom is -0.477 e. The molecule has 0 aromatic heterocycles. The second-order valence-corrected chi connectivity index (χ2v) is 8.40. The summed E-state index contributed by atoms with van der Waals surface area (Å²) >= 11 is 5.97. The minimum atomic E-state index is -5.59. The summed E-state index contributed by atoms with van der Waals surface area (Å²) in [6, 6.07) is 12.7. The van der Waals surface area contributed by atoms with Crippen molar-refractivity contribution in [3.63, 3.8) is 0 Å². The summed E-state index contributed by atoms with van der Waals surface area (Å²) in [5.41, 5.74) is 2.22. The van der Waals surface area contributed by atoms with Gasteiger partial charge in [-0.05, 0) is 48.6 Å². The van der Waals surface area contributed by atoms with Crippen LogP contribution >= 0.6 is 11.6 Å². The molecule has 0 bridgehead atoms. The summed E-state index contributed by atoms with van der Waals surface area (Å²) in [5.74, 6) is -17.3. The Morgan fingerprint density at radius 2 is 1.67 bits per heavy atom. The average Bonchev–Trinajstić information content (AvgIpc) is 2.84. The molecule has 2 rings (SSSR count). The van der Waals surface area contributed by atoms with E-state index in [-0.39, 0.29) is 12.8 Å². The number of nitrogens with one attached hydrogen (secondary N) is 1. The number of hydrogen-bond donors (Lipinski definition) is 2. The number of carboxylic acids is 1. The number of rotatable bonds is 11. The lowest BCUT2D eigenvalue weighted by atomic mass is 9.95. The molecule has 0 aliphatic carbocycles. The van der Waals surface area contributed by atoms with Crippen LogP contribution in [0.25, 0.3) is 11.1 Å². The molecule has 2 aromatic rings. The van der Waals surface area contributed by atoms with E-state index in [4.69, 9.17) is 16.7 Å². The van der Waals surface area contributed by atoms with E-state index in [0.717, 1.165) is 17.7 Å². The molecule has 0 unspecified atom stereocenters. The van der Waals surface area contributed by atoms with Crippen LogP contribution in [0.15, 0.2) is 48.5 Å². The van der Waals surface area contributed by atoms with Crippen molar-refractivity contribution in [1.29, 1.82) is 0 Å². The third-order valence-corrected chi connectivity index (χ3v) is 5.29. The van der Waals surface area contributed by atoms with Gasteiger partial charge in [-0.2, -0.15) is 17.6 Å². The molecule has 0 fully saturated rings. The van der Waals surface area contributed by atoms with Gasteiger partial charge in [-0.3, -0.25) is 4.79 Å². The second-order valence-electron chi connectivity index (χ2n) is 7.96. The molecule has 1 amide bonds. The molecular weight excluding hydrogens is 506 g/mol. The van der Waals surface area contributed by atoms with E-state index in [1.165, 1.54) is 6.92 Å². The largest absolute Gasteiger partial charge is 0.477 e. The first-order valence-corrected chi connectivity index (χ1v) is 11.3. The van der Waals surface area contributed by atoms with Gasteiger partial charge in [0.15, 0.2) is 0 Å². The molecule has 2 aromatic carbocycles. The number of aliphatic carboxylic acids is 1. The molecular formula is C25H28ClF4NO5. The number of ether oxygens (including phenoxy) is 1. The van der Waals surface area contributed by atoms with Gasteiger partial charge in [0.05, 0.1) is 0 Å². The molecule has 0 saturated carbocycles. The van der Waals surface area contributed by atoms with Gasteiger partial charge in [0, 0.05) is 30.7 Å². The maximum absolute atomic E-state index is 13.8. The number of aldehydes is 1. The van der Waals surface area contributed by atoms with Crippen molar-refractivity contribution < 1.29 is 41.8 Å². The molecule has 6 nitrogen and oxygen atoms in total. The highest BCUT2D eigenvalue weighted by atomic mass is 35.5. The number of carbonyl (C=O) groups excluding carboxylic acids is 2.